The molecule has 2 heterocycles. The average molecular weight is 445 g/mol. The molecule has 2 aromatic heterocycles. The normalized spacial score (nSPS) is 12.9. The lowest BCUT2D eigenvalue weighted by Gasteiger charge is -2.23. The Labute approximate surface area is 180 Å². The Morgan fingerprint density at radius 2 is 1.77 bits per heavy atom. The predicted molar refractivity (Wildman–Crippen MR) is 116 cm³/mol. The van der Waals surface area contributed by atoms with Gasteiger partial charge in [-0.05, 0) is 31.5 Å². The molecule has 0 aliphatic heterocycles. The highest BCUT2D eigenvalue weighted by molar-refractivity contribution is 6.30. The van der Waals surface area contributed by atoms with Crippen molar-refractivity contribution in [2.75, 3.05) is 20.8 Å². The van der Waals surface area contributed by atoms with Crippen LogP contribution in [0.25, 0.3) is 11.0 Å². The predicted octanol–water partition coefficient (Wildman–Crippen LogP) is 1.95. The molecule has 0 aliphatic rings. The lowest BCUT2D eigenvalue weighted by Crippen LogP contribution is -2.31. The summed E-state index contributed by atoms with van der Waals surface area (Å²) < 4.78 is 13.5. The van der Waals surface area contributed by atoms with E-state index in [9.17, 15) is 14.6 Å². The number of aryl methyl sites for hydroxylation is 1. The molecule has 0 amide bonds. The number of nitrogens with two attached hydrogens (primary N) is 1. The first kappa shape index (κ1) is 27.9. The Balaban J connectivity index is 0.000000512. The van der Waals surface area contributed by atoms with Gasteiger partial charge in [0.2, 0.25) is 0 Å². The number of rotatable bonds is 4. The van der Waals surface area contributed by atoms with E-state index < -0.39 is 18.0 Å². The first-order valence-corrected chi connectivity index (χ1v) is 9.38. The van der Waals surface area contributed by atoms with Gasteiger partial charge in [-0.25, -0.2) is 14.4 Å². The van der Waals surface area contributed by atoms with Gasteiger partial charge in [0, 0.05) is 31.4 Å². The molecule has 0 saturated heterocycles. The molecular formula is C20H30ClFN4O4. The Morgan fingerprint density at radius 1 is 1.13 bits per heavy atom. The van der Waals surface area contributed by atoms with Gasteiger partial charge in [-0.1, -0.05) is 30.7 Å². The number of nitrogens with one attached hydrogen (secondary N) is 1. The second kappa shape index (κ2) is 14.8. The lowest BCUT2D eigenvalue weighted by atomic mass is 9.94. The van der Waals surface area contributed by atoms with Crippen molar-refractivity contribution >= 4 is 22.6 Å². The van der Waals surface area contributed by atoms with E-state index in [2.05, 4.69) is 15.0 Å². The lowest BCUT2D eigenvalue weighted by molar-refractivity contribution is -0.0135. The minimum Gasteiger partial charge on any atom is -0.400 e. The van der Waals surface area contributed by atoms with E-state index in [0.29, 0.717) is 0 Å². The van der Waals surface area contributed by atoms with Crippen molar-refractivity contribution in [3.63, 3.8) is 0 Å². The highest BCUT2D eigenvalue weighted by Crippen LogP contribution is 2.27. The zero-order valence-corrected chi connectivity index (χ0v) is 18.2. The molecule has 8 nitrogen and oxygen atoms in total. The molecule has 3 rings (SSSR count). The maximum absolute atomic E-state index is 13.5. The molecule has 0 saturated carbocycles. The van der Waals surface area contributed by atoms with Gasteiger partial charge in [-0.3, -0.25) is 0 Å². The Kier molecular flexibility index (Phi) is 13.7. The quantitative estimate of drug-likeness (QED) is 0.360. The number of fused-ring (bicyclic) bond motifs is 1. The minimum atomic E-state index is -1.32. The zero-order chi connectivity index (χ0) is 23.3. The number of halogens is 2. The summed E-state index contributed by atoms with van der Waals surface area (Å²) in [6.45, 7) is 3.86. The molecule has 0 unspecified atom stereocenters. The number of hydrogen-bond acceptors (Lipinski definition) is 7. The molecule has 0 aliphatic carbocycles. The van der Waals surface area contributed by atoms with E-state index in [1.165, 1.54) is 18.2 Å². The number of nitrogens with zero attached hydrogens (tertiary/aromatic N) is 2. The van der Waals surface area contributed by atoms with E-state index in [1.807, 2.05) is 19.2 Å². The monoisotopic (exact) mass is 444 g/mol. The fourth-order valence-electron chi connectivity index (χ4n) is 2.39. The van der Waals surface area contributed by atoms with Crippen LogP contribution in [0.15, 0.2) is 36.8 Å². The number of benzene rings is 1. The standard InChI is InChI=1S/C11H15ClFNO2.C7H7N3.2CH4O/c1-6(5-14)10(15)11(16)7-3-2-4-8(12)9(7)13;1-5-6-2-3-8-7(6)10-4-9-5;2*1-2/h2-4,6,10-11,15-16H,5,14H2,1H3;2-4H,1H3,(H,8,9,10);2*2H,1H3/t6-,10+,11-;;;/m1.../s1. The zero-order valence-electron chi connectivity index (χ0n) is 17.4. The van der Waals surface area contributed by atoms with Crippen molar-refractivity contribution in [1.82, 2.24) is 15.0 Å². The summed E-state index contributed by atoms with van der Waals surface area (Å²) in [4.78, 5) is 11.1. The molecule has 7 N–H and O–H groups in total. The Hall–Kier alpha value is -2.14. The van der Waals surface area contributed by atoms with Crippen LogP contribution in [0.4, 0.5) is 4.39 Å². The van der Waals surface area contributed by atoms with Crippen molar-refractivity contribution in [2.24, 2.45) is 11.7 Å². The summed E-state index contributed by atoms with van der Waals surface area (Å²) in [5, 5.41) is 34.5. The van der Waals surface area contributed by atoms with Crippen molar-refractivity contribution in [3.8, 4) is 0 Å². The van der Waals surface area contributed by atoms with Crippen LogP contribution in [0, 0.1) is 18.7 Å². The first-order chi connectivity index (χ1) is 14.4. The molecular weight excluding hydrogens is 415 g/mol. The molecule has 168 valence electrons. The molecule has 30 heavy (non-hydrogen) atoms. The van der Waals surface area contributed by atoms with Crippen molar-refractivity contribution in [1.29, 1.82) is 0 Å². The van der Waals surface area contributed by atoms with Crippen LogP contribution >= 0.6 is 11.6 Å². The number of aromatic amines is 1. The molecule has 0 fully saturated rings. The number of hydrogen-bond donors (Lipinski definition) is 6. The summed E-state index contributed by atoms with van der Waals surface area (Å²) in [6.07, 6.45) is 0.996. The molecule has 1 aromatic carbocycles. The molecule has 3 aromatic rings. The minimum absolute atomic E-state index is 0.0136. The van der Waals surface area contributed by atoms with Crippen molar-refractivity contribution < 1.29 is 24.8 Å². The van der Waals surface area contributed by atoms with E-state index in [-0.39, 0.29) is 23.0 Å². The molecule has 3 atom stereocenters. The fraction of sp³-hybridized carbons (Fsp3) is 0.400. The number of aliphatic hydroxyl groups is 4. The topological polar surface area (TPSA) is 149 Å². The molecule has 0 spiro atoms. The maximum Gasteiger partial charge on any atom is 0.147 e. The van der Waals surface area contributed by atoms with E-state index in [0.717, 1.165) is 30.9 Å². The third-order valence-corrected chi connectivity index (χ3v) is 4.42. The van der Waals surface area contributed by atoms with Crippen LogP contribution in [-0.4, -0.2) is 62.2 Å². The summed E-state index contributed by atoms with van der Waals surface area (Å²) in [5.41, 5.74) is 7.28. The summed E-state index contributed by atoms with van der Waals surface area (Å²) >= 11 is 5.58. The van der Waals surface area contributed by atoms with Gasteiger partial charge in [-0.15, -0.1) is 0 Å². The molecule has 10 heteroatoms. The van der Waals surface area contributed by atoms with E-state index >= 15 is 0 Å². The first-order valence-electron chi connectivity index (χ1n) is 9.01. The smallest absolute Gasteiger partial charge is 0.147 e. The summed E-state index contributed by atoms with van der Waals surface area (Å²) in [7, 11) is 2.00. The number of aromatic nitrogens is 3. The third-order valence-electron chi connectivity index (χ3n) is 4.13. The SMILES string of the molecule is CO.CO.C[C@H](CN)[C@H](O)[C@H](O)c1cccc(Cl)c1F.Cc1ncnc2[nH]ccc12. The van der Waals surface area contributed by atoms with Gasteiger partial charge in [-0.2, -0.15) is 0 Å². The summed E-state index contributed by atoms with van der Waals surface area (Å²) in [6, 6.07) is 6.26. The van der Waals surface area contributed by atoms with Crippen molar-refractivity contribution in [3.05, 3.63) is 58.9 Å². The van der Waals surface area contributed by atoms with E-state index in [4.69, 9.17) is 27.5 Å². The number of aliphatic hydroxyl groups excluding tert-OH is 4. The van der Waals surface area contributed by atoms with Crippen LogP contribution in [-0.2, 0) is 0 Å². The van der Waals surface area contributed by atoms with Crippen molar-refractivity contribution in [2.45, 2.75) is 26.1 Å². The maximum atomic E-state index is 13.5. The van der Waals surface area contributed by atoms with Gasteiger partial charge in [0.15, 0.2) is 0 Å². The van der Waals surface area contributed by atoms with Gasteiger partial charge in [0.1, 0.15) is 23.9 Å². The van der Waals surface area contributed by atoms with Crippen LogP contribution in [0.5, 0.6) is 0 Å². The van der Waals surface area contributed by atoms with Gasteiger partial charge >= 0.3 is 0 Å². The molecule has 0 radical (unpaired) electrons. The van der Waals surface area contributed by atoms with Gasteiger partial charge in [0.25, 0.3) is 0 Å². The molecule has 0 bridgehead atoms. The van der Waals surface area contributed by atoms with Crippen LogP contribution in [0.1, 0.15) is 24.3 Å². The Morgan fingerprint density at radius 3 is 2.33 bits per heavy atom. The van der Waals surface area contributed by atoms with Crippen LogP contribution < -0.4 is 5.73 Å². The second-order valence-corrected chi connectivity index (χ2v) is 6.40. The van der Waals surface area contributed by atoms with Crippen LogP contribution in [0.3, 0.4) is 0 Å². The average Bonchev–Trinajstić information content (AvgIpc) is 3.28. The largest absolute Gasteiger partial charge is 0.400 e. The highest BCUT2D eigenvalue weighted by Gasteiger charge is 2.26. The second-order valence-electron chi connectivity index (χ2n) is 5.99. The highest BCUT2D eigenvalue weighted by atomic mass is 35.5. The van der Waals surface area contributed by atoms with E-state index in [1.54, 1.807) is 13.3 Å². The Bertz CT molecular complexity index is 866. The fourth-order valence-corrected chi connectivity index (χ4v) is 2.57. The van der Waals surface area contributed by atoms with Crippen LogP contribution in [0.2, 0.25) is 5.02 Å². The summed E-state index contributed by atoms with van der Waals surface area (Å²) in [5.74, 6) is -1.03. The van der Waals surface area contributed by atoms with Gasteiger partial charge in [0.05, 0.1) is 16.8 Å². The number of H-pyrrole nitrogens is 1. The van der Waals surface area contributed by atoms with Gasteiger partial charge < -0.3 is 31.1 Å². The third kappa shape index (κ3) is 7.60.